The Labute approximate surface area is 145 Å². The highest BCUT2D eigenvalue weighted by Gasteiger charge is 2.37. The zero-order chi connectivity index (χ0) is 16.8. The second-order valence-corrected chi connectivity index (χ2v) is 7.24. The minimum absolute atomic E-state index is 0.429. The molecule has 0 radical (unpaired) electrons. The number of furan rings is 2. The summed E-state index contributed by atoms with van der Waals surface area (Å²) in [5.41, 5.74) is 0. The van der Waals surface area contributed by atoms with Crippen molar-refractivity contribution < 1.29 is 13.3 Å². The molecule has 3 aromatic heterocycles. The van der Waals surface area contributed by atoms with Gasteiger partial charge in [-0.15, -0.1) is 10.2 Å². The highest BCUT2D eigenvalue weighted by molar-refractivity contribution is 5.42. The smallest absolute Gasteiger partial charge is 0.283 e. The largest absolute Gasteiger partial charge is 0.464 e. The average molecular weight is 339 g/mol. The van der Waals surface area contributed by atoms with E-state index in [1.165, 1.54) is 19.3 Å². The Morgan fingerprint density at radius 2 is 2.00 bits per heavy atom. The Morgan fingerprint density at radius 3 is 2.72 bits per heavy atom. The summed E-state index contributed by atoms with van der Waals surface area (Å²) in [6.45, 7) is 3.69. The SMILES string of the molecule is C[C@@H]1C[C@H]1c1ccc(CN(Cc2nnc(-c3ccco3)o2)C2CC2)o1. The fourth-order valence-electron chi connectivity index (χ4n) is 3.34. The molecule has 0 aliphatic heterocycles. The molecule has 3 aromatic rings. The quantitative estimate of drug-likeness (QED) is 0.642. The highest BCUT2D eigenvalue weighted by Crippen LogP contribution is 2.47. The minimum Gasteiger partial charge on any atom is -0.464 e. The standard InChI is InChI=1S/C19H21N3O3/c1-12-9-15(12)16-7-6-14(24-16)10-22(13-4-5-13)11-18-20-21-19(25-18)17-3-2-8-23-17/h2-3,6-8,12-13,15H,4-5,9-11H2,1H3/t12-,15-/m1/s1. The number of hydrogen-bond acceptors (Lipinski definition) is 6. The van der Waals surface area contributed by atoms with E-state index in [0.29, 0.717) is 36.0 Å². The van der Waals surface area contributed by atoms with Gasteiger partial charge in [-0.2, -0.15) is 0 Å². The third-order valence-electron chi connectivity index (χ3n) is 5.12. The topological polar surface area (TPSA) is 68.4 Å². The van der Waals surface area contributed by atoms with Crippen LogP contribution in [0.5, 0.6) is 0 Å². The number of aromatic nitrogens is 2. The summed E-state index contributed by atoms with van der Waals surface area (Å²) >= 11 is 0. The van der Waals surface area contributed by atoms with Crippen LogP contribution in [0.1, 0.15) is 49.5 Å². The maximum atomic E-state index is 6.06. The van der Waals surface area contributed by atoms with Crippen LogP contribution in [-0.4, -0.2) is 21.1 Å². The molecule has 0 amide bonds. The molecule has 2 aliphatic carbocycles. The second-order valence-electron chi connectivity index (χ2n) is 7.24. The zero-order valence-corrected chi connectivity index (χ0v) is 14.2. The highest BCUT2D eigenvalue weighted by atomic mass is 16.4. The van der Waals surface area contributed by atoms with Gasteiger partial charge >= 0.3 is 0 Å². The number of rotatable bonds is 7. The first-order valence-corrected chi connectivity index (χ1v) is 8.95. The minimum atomic E-state index is 0.429. The molecule has 0 saturated heterocycles. The molecular formula is C19H21N3O3. The summed E-state index contributed by atoms with van der Waals surface area (Å²) in [6.07, 6.45) is 5.28. The van der Waals surface area contributed by atoms with Crippen molar-refractivity contribution in [1.82, 2.24) is 15.1 Å². The van der Waals surface area contributed by atoms with Gasteiger partial charge in [-0.25, -0.2) is 0 Å². The molecule has 0 unspecified atom stereocenters. The summed E-state index contributed by atoms with van der Waals surface area (Å²) in [4.78, 5) is 2.36. The van der Waals surface area contributed by atoms with Crippen molar-refractivity contribution >= 4 is 0 Å². The molecule has 2 saturated carbocycles. The molecule has 2 aliphatic rings. The van der Waals surface area contributed by atoms with Crippen molar-refractivity contribution in [3.63, 3.8) is 0 Å². The summed E-state index contributed by atoms with van der Waals surface area (Å²) < 4.78 is 17.1. The molecule has 2 atom stereocenters. The fourth-order valence-corrected chi connectivity index (χ4v) is 3.34. The lowest BCUT2D eigenvalue weighted by Crippen LogP contribution is -2.25. The Balaban J connectivity index is 1.28. The van der Waals surface area contributed by atoms with E-state index in [9.17, 15) is 0 Å². The van der Waals surface area contributed by atoms with Gasteiger partial charge in [0, 0.05) is 12.0 Å². The Hall–Kier alpha value is -2.34. The van der Waals surface area contributed by atoms with E-state index in [4.69, 9.17) is 13.3 Å². The summed E-state index contributed by atoms with van der Waals surface area (Å²) in [5, 5.41) is 8.25. The average Bonchev–Trinajstić information content (AvgIpc) is 3.36. The first-order valence-electron chi connectivity index (χ1n) is 8.95. The van der Waals surface area contributed by atoms with E-state index < -0.39 is 0 Å². The van der Waals surface area contributed by atoms with Gasteiger partial charge in [0.1, 0.15) is 11.5 Å². The maximum absolute atomic E-state index is 6.06. The van der Waals surface area contributed by atoms with E-state index >= 15 is 0 Å². The monoisotopic (exact) mass is 339 g/mol. The summed E-state index contributed by atoms with van der Waals surface area (Å²) in [7, 11) is 0. The van der Waals surface area contributed by atoms with Gasteiger partial charge in [0.05, 0.1) is 19.4 Å². The van der Waals surface area contributed by atoms with Crippen molar-refractivity contribution in [3.05, 3.63) is 47.9 Å². The Morgan fingerprint density at radius 1 is 1.12 bits per heavy atom. The molecule has 25 heavy (non-hydrogen) atoms. The molecule has 6 nitrogen and oxygen atoms in total. The molecule has 6 heteroatoms. The van der Waals surface area contributed by atoms with E-state index in [2.05, 4.69) is 34.2 Å². The van der Waals surface area contributed by atoms with E-state index in [0.717, 1.165) is 24.0 Å². The third kappa shape index (κ3) is 3.14. The maximum Gasteiger partial charge on any atom is 0.283 e. The Kier molecular flexibility index (Phi) is 3.52. The van der Waals surface area contributed by atoms with Gasteiger partial charge in [0.15, 0.2) is 5.76 Å². The van der Waals surface area contributed by atoms with Crippen LogP contribution in [0.15, 0.2) is 43.8 Å². The predicted octanol–water partition coefficient (Wildman–Crippen LogP) is 4.21. The van der Waals surface area contributed by atoms with E-state index in [1.54, 1.807) is 6.26 Å². The van der Waals surface area contributed by atoms with E-state index in [-0.39, 0.29) is 0 Å². The molecule has 0 aromatic carbocycles. The van der Waals surface area contributed by atoms with Crippen LogP contribution in [0.25, 0.3) is 11.7 Å². The zero-order valence-electron chi connectivity index (χ0n) is 14.2. The lowest BCUT2D eigenvalue weighted by atomic mass is 10.3. The van der Waals surface area contributed by atoms with Gasteiger partial charge in [-0.05, 0) is 49.4 Å². The molecule has 5 rings (SSSR count). The van der Waals surface area contributed by atoms with Crippen LogP contribution < -0.4 is 0 Å². The molecule has 0 N–H and O–H groups in total. The first-order chi connectivity index (χ1) is 12.3. The van der Waals surface area contributed by atoms with Crippen molar-refractivity contribution in [3.8, 4) is 11.7 Å². The predicted molar refractivity (Wildman–Crippen MR) is 89.5 cm³/mol. The van der Waals surface area contributed by atoms with Crippen LogP contribution in [0, 0.1) is 5.92 Å². The van der Waals surface area contributed by atoms with Crippen molar-refractivity contribution in [2.75, 3.05) is 0 Å². The summed E-state index contributed by atoms with van der Waals surface area (Å²) in [5.74, 6) is 5.18. The lowest BCUT2D eigenvalue weighted by molar-refractivity contribution is 0.203. The lowest BCUT2D eigenvalue weighted by Gasteiger charge is -2.18. The van der Waals surface area contributed by atoms with Crippen LogP contribution >= 0.6 is 0 Å². The van der Waals surface area contributed by atoms with Gasteiger partial charge in [0.25, 0.3) is 5.89 Å². The number of hydrogen-bond donors (Lipinski definition) is 0. The normalized spacial score (nSPS) is 22.6. The van der Waals surface area contributed by atoms with Crippen LogP contribution in [0.3, 0.4) is 0 Å². The van der Waals surface area contributed by atoms with E-state index in [1.807, 2.05) is 12.1 Å². The molecular weight excluding hydrogens is 318 g/mol. The van der Waals surface area contributed by atoms with Crippen LogP contribution in [0.2, 0.25) is 0 Å². The van der Waals surface area contributed by atoms with Crippen LogP contribution in [-0.2, 0) is 13.1 Å². The second kappa shape index (κ2) is 5.88. The molecule has 3 heterocycles. The Bertz CT molecular complexity index is 847. The van der Waals surface area contributed by atoms with Crippen molar-refractivity contribution in [2.45, 2.75) is 51.2 Å². The molecule has 0 bridgehead atoms. The van der Waals surface area contributed by atoms with Crippen molar-refractivity contribution in [2.24, 2.45) is 5.92 Å². The fraction of sp³-hybridized carbons (Fsp3) is 0.474. The number of nitrogens with zero attached hydrogens (tertiary/aromatic N) is 3. The van der Waals surface area contributed by atoms with Crippen molar-refractivity contribution in [1.29, 1.82) is 0 Å². The van der Waals surface area contributed by atoms with Gasteiger partial charge in [0.2, 0.25) is 5.89 Å². The molecule has 2 fully saturated rings. The summed E-state index contributed by atoms with van der Waals surface area (Å²) in [6, 6.07) is 8.45. The molecule has 130 valence electrons. The van der Waals surface area contributed by atoms with Gasteiger partial charge in [-0.1, -0.05) is 6.92 Å². The van der Waals surface area contributed by atoms with Gasteiger partial charge < -0.3 is 13.3 Å². The third-order valence-corrected chi connectivity index (χ3v) is 5.12. The van der Waals surface area contributed by atoms with Crippen LogP contribution in [0.4, 0.5) is 0 Å². The van der Waals surface area contributed by atoms with Gasteiger partial charge in [-0.3, -0.25) is 4.90 Å². The first kappa shape index (κ1) is 15.0. The molecule has 0 spiro atoms.